The summed E-state index contributed by atoms with van der Waals surface area (Å²) >= 11 is 0. The minimum atomic E-state index is -3.29. The number of rotatable bonds is 7. The van der Waals surface area contributed by atoms with Gasteiger partial charge >= 0.3 is 0 Å². The molecule has 0 aliphatic carbocycles. The number of nitrogens with zero attached hydrogens (tertiary/aromatic N) is 1. The van der Waals surface area contributed by atoms with Crippen molar-refractivity contribution in [3.8, 4) is 0 Å². The van der Waals surface area contributed by atoms with E-state index < -0.39 is 10.0 Å². The third kappa shape index (κ3) is 6.83. The fraction of sp³-hybridized carbons (Fsp3) is 0.529. The number of carbonyl (C=O) groups is 2. The maximum atomic E-state index is 12.4. The van der Waals surface area contributed by atoms with Gasteiger partial charge in [0.25, 0.3) is 0 Å². The number of benzene rings is 1. The molecular weight excluding hydrogens is 342 g/mol. The normalized spacial score (nSPS) is 18.0. The third-order valence-corrected chi connectivity index (χ3v) is 4.86. The van der Waals surface area contributed by atoms with Crippen LogP contribution in [0.25, 0.3) is 0 Å². The molecule has 0 spiro atoms. The summed E-state index contributed by atoms with van der Waals surface area (Å²) in [6, 6.07) is 9.16. The lowest BCUT2D eigenvalue weighted by Gasteiger charge is -2.35. The summed E-state index contributed by atoms with van der Waals surface area (Å²) in [6.07, 6.45) is 3.94. The van der Waals surface area contributed by atoms with Crippen molar-refractivity contribution in [2.24, 2.45) is 0 Å². The Kier molecular flexibility index (Phi) is 6.95. The molecule has 0 radical (unpaired) electrons. The van der Waals surface area contributed by atoms with Crippen molar-refractivity contribution in [2.45, 2.75) is 31.7 Å². The van der Waals surface area contributed by atoms with Crippen LogP contribution in [0.5, 0.6) is 0 Å². The number of sulfonamides is 1. The standard InChI is InChI=1S/C17H25N3O4S/c1-25(23,24)19-12-15-9-5-6-10-20(15)17(22)13-18-16(21)11-14-7-3-2-4-8-14/h2-4,7-8,15,19H,5-6,9-13H2,1H3,(H,18,21)/t15-/m0/s1. The first-order valence-corrected chi connectivity index (χ1v) is 10.3. The summed E-state index contributed by atoms with van der Waals surface area (Å²) < 4.78 is 25.0. The van der Waals surface area contributed by atoms with Crippen molar-refractivity contribution in [1.82, 2.24) is 14.9 Å². The van der Waals surface area contributed by atoms with Crippen LogP contribution < -0.4 is 10.0 Å². The van der Waals surface area contributed by atoms with E-state index in [9.17, 15) is 18.0 Å². The molecular formula is C17H25N3O4S. The van der Waals surface area contributed by atoms with Crippen LogP contribution in [0.3, 0.4) is 0 Å². The van der Waals surface area contributed by atoms with E-state index >= 15 is 0 Å². The Morgan fingerprint density at radius 1 is 1.20 bits per heavy atom. The van der Waals surface area contributed by atoms with Gasteiger partial charge in [-0.05, 0) is 24.8 Å². The van der Waals surface area contributed by atoms with E-state index in [2.05, 4.69) is 10.0 Å². The van der Waals surface area contributed by atoms with Gasteiger partial charge < -0.3 is 10.2 Å². The molecule has 7 nitrogen and oxygen atoms in total. The molecule has 1 saturated heterocycles. The molecule has 2 rings (SSSR count). The predicted molar refractivity (Wildman–Crippen MR) is 95.4 cm³/mol. The summed E-state index contributed by atoms with van der Waals surface area (Å²) in [6.45, 7) is 0.729. The number of nitrogens with one attached hydrogen (secondary N) is 2. The van der Waals surface area contributed by atoms with Gasteiger partial charge in [-0.2, -0.15) is 0 Å². The second-order valence-corrected chi connectivity index (χ2v) is 8.13. The fourth-order valence-electron chi connectivity index (χ4n) is 2.91. The Labute approximate surface area is 148 Å². The van der Waals surface area contributed by atoms with Crippen molar-refractivity contribution in [1.29, 1.82) is 0 Å². The summed E-state index contributed by atoms with van der Waals surface area (Å²) in [5.74, 6) is -0.385. The molecule has 0 aromatic heterocycles. The molecule has 1 aliphatic heterocycles. The molecule has 138 valence electrons. The monoisotopic (exact) mass is 367 g/mol. The van der Waals surface area contributed by atoms with Crippen molar-refractivity contribution >= 4 is 21.8 Å². The van der Waals surface area contributed by atoms with Crippen LogP contribution in [0.1, 0.15) is 24.8 Å². The lowest BCUT2D eigenvalue weighted by molar-refractivity contribution is -0.135. The van der Waals surface area contributed by atoms with Crippen LogP contribution in [0.2, 0.25) is 0 Å². The van der Waals surface area contributed by atoms with Gasteiger partial charge in [0.2, 0.25) is 21.8 Å². The summed E-state index contributed by atoms with van der Waals surface area (Å²) in [7, 11) is -3.29. The van der Waals surface area contributed by atoms with Gasteiger partial charge in [0.05, 0.1) is 19.2 Å². The molecule has 1 aromatic carbocycles. The first-order chi connectivity index (χ1) is 11.8. The molecule has 0 unspecified atom stereocenters. The van der Waals surface area contributed by atoms with E-state index in [1.54, 1.807) is 4.90 Å². The van der Waals surface area contributed by atoms with Gasteiger partial charge in [-0.15, -0.1) is 0 Å². The Balaban J connectivity index is 1.83. The van der Waals surface area contributed by atoms with Crippen LogP contribution in [0.15, 0.2) is 30.3 Å². The summed E-state index contributed by atoms with van der Waals surface area (Å²) in [5, 5.41) is 2.65. The summed E-state index contributed by atoms with van der Waals surface area (Å²) in [5.41, 5.74) is 0.889. The third-order valence-electron chi connectivity index (χ3n) is 4.17. The molecule has 1 heterocycles. The minimum Gasteiger partial charge on any atom is -0.347 e. The van der Waals surface area contributed by atoms with Crippen molar-refractivity contribution < 1.29 is 18.0 Å². The highest BCUT2D eigenvalue weighted by atomic mass is 32.2. The van der Waals surface area contributed by atoms with Gasteiger partial charge in [0.1, 0.15) is 0 Å². The van der Waals surface area contributed by atoms with E-state index in [0.717, 1.165) is 31.1 Å². The maximum absolute atomic E-state index is 12.4. The SMILES string of the molecule is CS(=O)(=O)NC[C@@H]1CCCCN1C(=O)CNC(=O)Cc1ccccc1. The molecule has 0 saturated carbocycles. The number of likely N-dealkylation sites (tertiary alicyclic amines) is 1. The number of carbonyl (C=O) groups excluding carboxylic acids is 2. The highest BCUT2D eigenvalue weighted by Gasteiger charge is 2.27. The van der Waals surface area contributed by atoms with Gasteiger partial charge in [0, 0.05) is 19.1 Å². The minimum absolute atomic E-state index is 0.0684. The van der Waals surface area contributed by atoms with E-state index in [-0.39, 0.29) is 37.4 Å². The predicted octanol–water partition coefficient (Wildman–Crippen LogP) is 0.276. The molecule has 0 bridgehead atoms. The first kappa shape index (κ1) is 19.4. The Hall–Kier alpha value is -1.93. The summed E-state index contributed by atoms with van der Waals surface area (Å²) in [4.78, 5) is 26.1. The molecule has 8 heteroatoms. The largest absolute Gasteiger partial charge is 0.347 e. The highest BCUT2D eigenvalue weighted by Crippen LogP contribution is 2.16. The van der Waals surface area contributed by atoms with Crippen LogP contribution in [0.4, 0.5) is 0 Å². The second-order valence-electron chi connectivity index (χ2n) is 6.30. The van der Waals surface area contributed by atoms with Crippen molar-refractivity contribution in [2.75, 3.05) is 25.9 Å². The molecule has 1 atom stereocenters. The fourth-order valence-corrected chi connectivity index (χ4v) is 3.40. The van der Waals surface area contributed by atoms with E-state index in [1.165, 1.54) is 0 Å². The molecule has 1 fully saturated rings. The Morgan fingerprint density at radius 3 is 2.60 bits per heavy atom. The zero-order valence-corrected chi connectivity index (χ0v) is 15.2. The molecule has 1 aliphatic rings. The highest BCUT2D eigenvalue weighted by molar-refractivity contribution is 7.88. The van der Waals surface area contributed by atoms with Crippen molar-refractivity contribution in [3.63, 3.8) is 0 Å². The lowest BCUT2D eigenvalue weighted by Crippen LogP contribution is -2.52. The van der Waals surface area contributed by atoms with Gasteiger partial charge in [-0.25, -0.2) is 13.1 Å². The molecule has 25 heavy (non-hydrogen) atoms. The second kappa shape index (κ2) is 8.96. The number of hydrogen-bond acceptors (Lipinski definition) is 4. The average molecular weight is 367 g/mol. The van der Waals surface area contributed by atoms with Crippen LogP contribution in [-0.2, 0) is 26.0 Å². The van der Waals surface area contributed by atoms with Crippen LogP contribution in [-0.4, -0.2) is 57.1 Å². The van der Waals surface area contributed by atoms with Crippen LogP contribution >= 0.6 is 0 Å². The Morgan fingerprint density at radius 2 is 1.92 bits per heavy atom. The zero-order valence-electron chi connectivity index (χ0n) is 14.4. The zero-order chi connectivity index (χ0) is 18.3. The number of hydrogen-bond donors (Lipinski definition) is 2. The molecule has 1 aromatic rings. The lowest BCUT2D eigenvalue weighted by atomic mass is 10.0. The quantitative estimate of drug-likeness (QED) is 0.723. The first-order valence-electron chi connectivity index (χ1n) is 8.40. The smallest absolute Gasteiger partial charge is 0.242 e. The van der Waals surface area contributed by atoms with Crippen LogP contribution in [0, 0.1) is 0 Å². The van der Waals surface area contributed by atoms with E-state index in [4.69, 9.17) is 0 Å². The van der Waals surface area contributed by atoms with E-state index in [1.807, 2.05) is 30.3 Å². The topological polar surface area (TPSA) is 95.6 Å². The molecule has 2 N–H and O–H groups in total. The molecule has 2 amide bonds. The average Bonchev–Trinajstić information content (AvgIpc) is 2.58. The van der Waals surface area contributed by atoms with Gasteiger partial charge in [-0.1, -0.05) is 30.3 Å². The van der Waals surface area contributed by atoms with Gasteiger partial charge in [0.15, 0.2) is 0 Å². The van der Waals surface area contributed by atoms with Gasteiger partial charge in [-0.3, -0.25) is 9.59 Å². The number of amides is 2. The van der Waals surface area contributed by atoms with E-state index in [0.29, 0.717) is 6.54 Å². The Bertz CT molecular complexity index is 691. The van der Waals surface area contributed by atoms with Crippen molar-refractivity contribution in [3.05, 3.63) is 35.9 Å². The maximum Gasteiger partial charge on any atom is 0.242 e. The number of piperidine rings is 1.